The first kappa shape index (κ1) is 12.6. The van der Waals surface area contributed by atoms with Crippen molar-refractivity contribution in [2.45, 2.75) is 25.8 Å². The van der Waals surface area contributed by atoms with Gasteiger partial charge < -0.3 is 15.0 Å². The second-order valence-electron chi connectivity index (χ2n) is 4.33. The van der Waals surface area contributed by atoms with E-state index in [0.717, 1.165) is 12.2 Å². The van der Waals surface area contributed by atoms with E-state index in [1.54, 1.807) is 11.0 Å². The fourth-order valence-electron chi connectivity index (χ4n) is 1.98. The van der Waals surface area contributed by atoms with Crippen molar-refractivity contribution in [3.05, 3.63) is 12.4 Å². The predicted molar refractivity (Wildman–Crippen MR) is 67.5 cm³/mol. The molecule has 2 rings (SSSR count). The van der Waals surface area contributed by atoms with Gasteiger partial charge >= 0.3 is 0 Å². The molecule has 0 radical (unpaired) electrons. The number of ether oxygens (including phenoxy) is 1. The molecular weight excluding hydrogens is 232 g/mol. The Morgan fingerprint density at radius 3 is 3.11 bits per heavy atom. The van der Waals surface area contributed by atoms with E-state index in [1.807, 2.05) is 14.0 Å². The number of hydrogen-bond donors (Lipinski definition) is 1. The van der Waals surface area contributed by atoms with Crippen molar-refractivity contribution in [2.75, 3.05) is 25.5 Å². The van der Waals surface area contributed by atoms with Gasteiger partial charge in [-0.25, -0.2) is 9.97 Å². The second-order valence-corrected chi connectivity index (χ2v) is 4.33. The molecule has 1 aromatic rings. The van der Waals surface area contributed by atoms with Gasteiger partial charge in [0.25, 0.3) is 0 Å². The molecule has 1 aliphatic heterocycles. The number of likely N-dealkylation sites (tertiary alicyclic amines) is 1. The van der Waals surface area contributed by atoms with E-state index in [4.69, 9.17) is 4.74 Å². The van der Waals surface area contributed by atoms with Gasteiger partial charge in [0.1, 0.15) is 12.1 Å². The number of nitrogens with zero attached hydrogens (tertiary/aromatic N) is 3. The lowest BCUT2D eigenvalue weighted by Gasteiger charge is -2.30. The minimum Gasteiger partial charge on any atom is -0.478 e. The standard InChI is InChI=1S/C12H18N4O2/c1-3-18-11-6-10(13-8-14-11)15-9-4-5-12(17)16(2)7-9/h6,8-9H,3-5,7H2,1-2H3,(H,13,14,15). The fourth-order valence-corrected chi connectivity index (χ4v) is 1.98. The van der Waals surface area contributed by atoms with Crippen molar-refractivity contribution < 1.29 is 9.53 Å². The lowest BCUT2D eigenvalue weighted by atomic mass is 10.1. The predicted octanol–water partition coefficient (Wildman–Crippen LogP) is 0.908. The van der Waals surface area contributed by atoms with E-state index in [0.29, 0.717) is 25.5 Å². The number of piperidine rings is 1. The van der Waals surface area contributed by atoms with Crippen molar-refractivity contribution in [3.8, 4) is 5.88 Å². The SMILES string of the molecule is CCOc1cc(NC2CCC(=O)N(C)C2)ncn1. The highest BCUT2D eigenvalue weighted by molar-refractivity contribution is 5.77. The molecule has 0 saturated carbocycles. The molecule has 1 aliphatic rings. The van der Waals surface area contributed by atoms with Gasteiger partial charge in [-0.05, 0) is 13.3 Å². The Labute approximate surface area is 106 Å². The number of carbonyl (C=O) groups excluding carboxylic acids is 1. The maximum absolute atomic E-state index is 11.4. The number of carbonyl (C=O) groups is 1. The van der Waals surface area contributed by atoms with Gasteiger partial charge in [0.15, 0.2) is 0 Å². The van der Waals surface area contributed by atoms with Crippen LogP contribution in [0, 0.1) is 0 Å². The second kappa shape index (κ2) is 5.66. The van der Waals surface area contributed by atoms with Crippen LogP contribution in [0.5, 0.6) is 5.88 Å². The maximum atomic E-state index is 11.4. The average molecular weight is 250 g/mol. The van der Waals surface area contributed by atoms with Crippen molar-refractivity contribution in [1.29, 1.82) is 0 Å². The lowest BCUT2D eigenvalue weighted by Crippen LogP contribution is -2.43. The summed E-state index contributed by atoms with van der Waals surface area (Å²) in [5.74, 6) is 1.50. The molecule has 1 saturated heterocycles. The lowest BCUT2D eigenvalue weighted by molar-refractivity contribution is -0.132. The van der Waals surface area contributed by atoms with Gasteiger partial charge in [-0.2, -0.15) is 0 Å². The summed E-state index contributed by atoms with van der Waals surface area (Å²) in [6.45, 7) is 3.20. The Morgan fingerprint density at radius 1 is 1.56 bits per heavy atom. The van der Waals surface area contributed by atoms with E-state index in [-0.39, 0.29) is 11.9 Å². The van der Waals surface area contributed by atoms with Crippen LogP contribution >= 0.6 is 0 Å². The Hall–Kier alpha value is -1.85. The molecule has 0 bridgehead atoms. The third-order valence-corrected chi connectivity index (χ3v) is 2.91. The molecule has 6 heteroatoms. The van der Waals surface area contributed by atoms with Crippen molar-refractivity contribution >= 4 is 11.7 Å². The number of amides is 1. The molecule has 1 unspecified atom stereocenters. The zero-order chi connectivity index (χ0) is 13.0. The van der Waals surface area contributed by atoms with Crippen LogP contribution in [0.4, 0.5) is 5.82 Å². The van der Waals surface area contributed by atoms with E-state index >= 15 is 0 Å². The van der Waals surface area contributed by atoms with Crippen LogP contribution < -0.4 is 10.1 Å². The van der Waals surface area contributed by atoms with E-state index in [9.17, 15) is 4.79 Å². The Kier molecular flexibility index (Phi) is 3.96. The highest BCUT2D eigenvalue weighted by Crippen LogP contribution is 2.16. The number of anilines is 1. The molecule has 0 aliphatic carbocycles. The first-order valence-corrected chi connectivity index (χ1v) is 6.14. The molecule has 6 nitrogen and oxygen atoms in total. The van der Waals surface area contributed by atoms with Crippen LogP contribution in [-0.4, -0.2) is 47.0 Å². The van der Waals surface area contributed by atoms with Crippen LogP contribution in [0.25, 0.3) is 0 Å². The maximum Gasteiger partial charge on any atom is 0.222 e. The molecule has 1 fully saturated rings. The number of nitrogens with one attached hydrogen (secondary N) is 1. The third kappa shape index (κ3) is 3.09. The Morgan fingerprint density at radius 2 is 2.39 bits per heavy atom. The number of rotatable bonds is 4. The highest BCUT2D eigenvalue weighted by atomic mass is 16.5. The van der Waals surface area contributed by atoms with Gasteiger partial charge in [-0.15, -0.1) is 0 Å². The molecule has 0 spiro atoms. The van der Waals surface area contributed by atoms with Crippen LogP contribution in [0.2, 0.25) is 0 Å². The highest BCUT2D eigenvalue weighted by Gasteiger charge is 2.22. The summed E-state index contributed by atoms with van der Waals surface area (Å²) >= 11 is 0. The first-order valence-electron chi connectivity index (χ1n) is 6.14. The summed E-state index contributed by atoms with van der Waals surface area (Å²) in [5, 5.41) is 3.31. The quantitative estimate of drug-likeness (QED) is 0.860. The summed E-state index contributed by atoms with van der Waals surface area (Å²) in [7, 11) is 1.82. The summed E-state index contributed by atoms with van der Waals surface area (Å²) in [4.78, 5) is 21.3. The zero-order valence-electron chi connectivity index (χ0n) is 10.7. The van der Waals surface area contributed by atoms with Crippen molar-refractivity contribution in [2.24, 2.45) is 0 Å². The molecule has 2 heterocycles. The summed E-state index contributed by atoms with van der Waals surface area (Å²) in [6.07, 6.45) is 2.89. The molecule has 98 valence electrons. The smallest absolute Gasteiger partial charge is 0.222 e. The molecule has 1 amide bonds. The molecule has 1 N–H and O–H groups in total. The molecule has 1 aromatic heterocycles. The Balaban J connectivity index is 1.96. The third-order valence-electron chi connectivity index (χ3n) is 2.91. The Bertz CT molecular complexity index is 424. The molecular formula is C12H18N4O2. The summed E-state index contributed by atoms with van der Waals surface area (Å²) in [6, 6.07) is 2.01. The number of hydrogen-bond acceptors (Lipinski definition) is 5. The monoisotopic (exact) mass is 250 g/mol. The van der Waals surface area contributed by atoms with E-state index in [1.165, 1.54) is 6.33 Å². The summed E-state index contributed by atoms with van der Waals surface area (Å²) < 4.78 is 5.32. The van der Waals surface area contributed by atoms with Crippen LogP contribution in [0.3, 0.4) is 0 Å². The normalized spacial score (nSPS) is 19.8. The number of aromatic nitrogens is 2. The number of likely N-dealkylation sites (N-methyl/N-ethyl adjacent to an activating group) is 1. The average Bonchev–Trinajstić information content (AvgIpc) is 2.35. The van der Waals surface area contributed by atoms with Gasteiger partial charge in [0, 0.05) is 32.1 Å². The van der Waals surface area contributed by atoms with Crippen molar-refractivity contribution in [3.63, 3.8) is 0 Å². The van der Waals surface area contributed by atoms with Crippen LogP contribution in [0.15, 0.2) is 12.4 Å². The fraction of sp³-hybridized carbons (Fsp3) is 0.583. The minimum atomic E-state index is 0.200. The molecule has 1 atom stereocenters. The van der Waals surface area contributed by atoms with E-state index < -0.39 is 0 Å². The summed E-state index contributed by atoms with van der Waals surface area (Å²) in [5.41, 5.74) is 0. The van der Waals surface area contributed by atoms with E-state index in [2.05, 4.69) is 15.3 Å². The van der Waals surface area contributed by atoms with Crippen LogP contribution in [0.1, 0.15) is 19.8 Å². The van der Waals surface area contributed by atoms with Crippen LogP contribution in [-0.2, 0) is 4.79 Å². The van der Waals surface area contributed by atoms with Gasteiger partial charge in [0.2, 0.25) is 11.8 Å². The van der Waals surface area contributed by atoms with Crippen molar-refractivity contribution in [1.82, 2.24) is 14.9 Å². The minimum absolute atomic E-state index is 0.200. The molecule has 0 aromatic carbocycles. The zero-order valence-corrected chi connectivity index (χ0v) is 10.7. The largest absolute Gasteiger partial charge is 0.478 e. The van der Waals surface area contributed by atoms with Gasteiger partial charge in [-0.1, -0.05) is 0 Å². The molecule has 18 heavy (non-hydrogen) atoms. The topological polar surface area (TPSA) is 67.3 Å². The van der Waals surface area contributed by atoms with Gasteiger partial charge in [-0.3, -0.25) is 4.79 Å². The first-order chi connectivity index (χ1) is 8.69. The van der Waals surface area contributed by atoms with Gasteiger partial charge in [0.05, 0.1) is 6.61 Å².